The molecule has 0 saturated heterocycles. The van der Waals surface area contributed by atoms with Gasteiger partial charge in [-0.05, 0) is 31.0 Å². The Balaban J connectivity index is 2.47. The minimum Gasteiger partial charge on any atom is -0.481 e. The summed E-state index contributed by atoms with van der Waals surface area (Å²) in [6, 6.07) is 3.78. The number of anilines is 1. The molecule has 0 aliphatic carbocycles. The fraction of sp³-hybridized carbons (Fsp3) is 0.357. The van der Waals surface area contributed by atoms with Crippen LogP contribution in [0, 0.1) is 0 Å². The molecule has 0 amide bonds. The predicted octanol–water partition coefficient (Wildman–Crippen LogP) is 1.64. The monoisotopic (exact) mass is 310 g/mol. The second kappa shape index (κ2) is 8.63. The minimum atomic E-state index is -1.23. The Morgan fingerprint density at radius 2 is 1.68 bits per heavy atom. The summed E-state index contributed by atoms with van der Waals surface area (Å²) in [5.74, 6) is -3.25. The fourth-order valence-electron chi connectivity index (χ4n) is 1.79. The van der Waals surface area contributed by atoms with Crippen LogP contribution in [0.25, 0.3) is 0 Å². The molecule has 8 nitrogen and oxygen atoms in total. The Morgan fingerprint density at radius 1 is 0.955 bits per heavy atom. The topological polar surface area (TPSA) is 136 Å². The Kier molecular flexibility index (Phi) is 6.84. The van der Waals surface area contributed by atoms with Crippen LogP contribution in [0.2, 0.25) is 0 Å². The summed E-state index contributed by atoms with van der Waals surface area (Å²) in [4.78, 5) is 32.3. The van der Waals surface area contributed by atoms with Gasteiger partial charge < -0.3 is 20.7 Å². The van der Waals surface area contributed by atoms with Gasteiger partial charge in [0.25, 0.3) is 0 Å². The first-order valence-electron chi connectivity index (χ1n) is 6.73. The molecule has 0 saturated carbocycles. The average Bonchev–Trinajstić information content (AvgIpc) is 2.45. The number of hydrogen-bond acceptors (Lipinski definition) is 5. The van der Waals surface area contributed by atoms with E-state index in [1.807, 2.05) is 0 Å². The predicted molar refractivity (Wildman–Crippen MR) is 78.1 cm³/mol. The zero-order valence-corrected chi connectivity index (χ0v) is 11.8. The van der Waals surface area contributed by atoms with E-state index in [1.165, 1.54) is 12.1 Å². The van der Waals surface area contributed by atoms with Crippen molar-refractivity contribution in [1.29, 1.82) is 0 Å². The number of carboxylic acids is 3. The van der Waals surface area contributed by atoms with Gasteiger partial charge >= 0.3 is 17.9 Å². The van der Waals surface area contributed by atoms with Crippen molar-refractivity contribution in [3.05, 3.63) is 29.3 Å². The molecule has 0 fully saturated rings. The van der Waals surface area contributed by atoms with Gasteiger partial charge in [0.15, 0.2) is 0 Å². The van der Waals surface area contributed by atoms with Crippen molar-refractivity contribution in [1.82, 2.24) is 5.43 Å². The van der Waals surface area contributed by atoms with E-state index in [2.05, 4.69) is 10.9 Å². The van der Waals surface area contributed by atoms with Crippen LogP contribution in [0.4, 0.5) is 5.69 Å². The van der Waals surface area contributed by atoms with Crippen molar-refractivity contribution in [2.75, 3.05) is 12.0 Å². The maximum atomic E-state index is 11.1. The van der Waals surface area contributed by atoms with Gasteiger partial charge in [0.05, 0.1) is 16.8 Å². The van der Waals surface area contributed by atoms with Crippen LogP contribution in [0.1, 0.15) is 46.4 Å². The van der Waals surface area contributed by atoms with Gasteiger partial charge in [0.2, 0.25) is 0 Å². The first-order valence-corrected chi connectivity index (χ1v) is 6.73. The van der Waals surface area contributed by atoms with Crippen molar-refractivity contribution in [3.63, 3.8) is 0 Å². The number of carbonyl (C=O) groups is 3. The van der Waals surface area contributed by atoms with E-state index in [-0.39, 0.29) is 23.2 Å². The first-order chi connectivity index (χ1) is 10.4. The number of hydrazine groups is 1. The molecule has 0 aliphatic rings. The van der Waals surface area contributed by atoms with E-state index < -0.39 is 17.9 Å². The molecular formula is C14H18N2O6. The lowest BCUT2D eigenvalue weighted by Gasteiger charge is -2.11. The summed E-state index contributed by atoms with van der Waals surface area (Å²) in [5.41, 5.74) is 5.57. The highest BCUT2D eigenvalue weighted by atomic mass is 16.4. The summed E-state index contributed by atoms with van der Waals surface area (Å²) in [6.07, 6.45) is 2.19. The van der Waals surface area contributed by atoms with Crippen LogP contribution in [-0.4, -0.2) is 39.8 Å². The number of hydrogen-bond donors (Lipinski definition) is 5. The number of nitrogens with one attached hydrogen (secondary N) is 2. The molecule has 0 aliphatic heterocycles. The lowest BCUT2D eigenvalue weighted by Crippen LogP contribution is -2.24. The van der Waals surface area contributed by atoms with E-state index in [0.29, 0.717) is 13.0 Å². The summed E-state index contributed by atoms with van der Waals surface area (Å²) in [6.45, 7) is 0.527. The molecular weight excluding hydrogens is 292 g/mol. The van der Waals surface area contributed by atoms with E-state index in [9.17, 15) is 14.4 Å². The number of aromatic carboxylic acids is 2. The molecule has 0 unspecified atom stereocenters. The maximum absolute atomic E-state index is 11.1. The van der Waals surface area contributed by atoms with Crippen molar-refractivity contribution >= 4 is 23.6 Å². The molecule has 120 valence electrons. The summed E-state index contributed by atoms with van der Waals surface area (Å²) in [5, 5.41) is 26.4. The summed E-state index contributed by atoms with van der Waals surface area (Å²) < 4.78 is 0. The molecule has 0 radical (unpaired) electrons. The van der Waals surface area contributed by atoms with Gasteiger partial charge in [0, 0.05) is 13.0 Å². The first kappa shape index (κ1) is 17.4. The van der Waals surface area contributed by atoms with Crippen LogP contribution in [-0.2, 0) is 4.79 Å². The molecule has 0 atom stereocenters. The summed E-state index contributed by atoms with van der Waals surface area (Å²) in [7, 11) is 0. The molecule has 1 aromatic rings. The molecule has 22 heavy (non-hydrogen) atoms. The van der Waals surface area contributed by atoms with Gasteiger partial charge in [0.1, 0.15) is 0 Å². The highest BCUT2D eigenvalue weighted by molar-refractivity contribution is 5.98. The van der Waals surface area contributed by atoms with Crippen molar-refractivity contribution < 1.29 is 29.7 Å². The highest BCUT2D eigenvalue weighted by Crippen LogP contribution is 2.17. The van der Waals surface area contributed by atoms with Gasteiger partial charge in [-0.15, -0.1) is 0 Å². The van der Waals surface area contributed by atoms with E-state index >= 15 is 0 Å². The van der Waals surface area contributed by atoms with Gasteiger partial charge in [-0.1, -0.05) is 6.42 Å². The third-order valence-electron chi connectivity index (χ3n) is 2.91. The Hall–Kier alpha value is -2.61. The molecule has 0 heterocycles. The third kappa shape index (κ3) is 5.80. The van der Waals surface area contributed by atoms with Crippen LogP contribution < -0.4 is 10.9 Å². The minimum absolute atomic E-state index is 0.100. The van der Waals surface area contributed by atoms with Gasteiger partial charge in [-0.3, -0.25) is 4.79 Å². The largest absolute Gasteiger partial charge is 0.481 e. The van der Waals surface area contributed by atoms with Crippen molar-refractivity contribution in [2.24, 2.45) is 0 Å². The molecule has 0 bridgehead atoms. The second-order valence-corrected chi connectivity index (χ2v) is 4.63. The lowest BCUT2D eigenvalue weighted by molar-refractivity contribution is -0.137. The zero-order valence-electron chi connectivity index (χ0n) is 11.8. The number of rotatable bonds is 10. The maximum Gasteiger partial charge on any atom is 0.337 e. The third-order valence-corrected chi connectivity index (χ3v) is 2.91. The number of benzene rings is 1. The number of unbranched alkanes of at least 4 members (excludes halogenated alkanes) is 2. The van der Waals surface area contributed by atoms with Crippen LogP contribution in [0.3, 0.4) is 0 Å². The van der Waals surface area contributed by atoms with Crippen molar-refractivity contribution in [3.8, 4) is 0 Å². The van der Waals surface area contributed by atoms with Gasteiger partial charge in [-0.25, -0.2) is 15.0 Å². The Labute approximate surface area is 126 Å². The quantitative estimate of drug-likeness (QED) is 0.325. The second-order valence-electron chi connectivity index (χ2n) is 4.63. The fourth-order valence-corrected chi connectivity index (χ4v) is 1.79. The standard InChI is InChI=1S/C14H18N2O6/c17-12(18)4-2-1-3-7-15-16-11-6-5-9(13(19)20)8-10(11)14(21)22/h5-6,8,15-16H,1-4,7H2,(H,17,18)(H,19,20)(H,21,22). The Bertz CT molecular complexity index is 558. The van der Waals surface area contributed by atoms with Crippen LogP contribution in [0.5, 0.6) is 0 Å². The van der Waals surface area contributed by atoms with Gasteiger partial charge in [-0.2, -0.15) is 0 Å². The molecule has 1 aromatic carbocycles. The molecule has 5 N–H and O–H groups in total. The Morgan fingerprint density at radius 3 is 2.27 bits per heavy atom. The zero-order chi connectivity index (χ0) is 16.5. The summed E-state index contributed by atoms with van der Waals surface area (Å²) >= 11 is 0. The van der Waals surface area contributed by atoms with E-state index in [1.54, 1.807) is 0 Å². The SMILES string of the molecule is O=C(O)CCCCCNNc1ccc(C(=O)O)cc1C(=O)O. The number of carboxylic acid groups (broad SMARTS) is 3. The molecule has 0 aromatic heterocycles. The van der Waals surface area contributed by atoms with Crippen LogP contribution in [0.15, 0.2) is 18.2 Å². The number of aliphatic carboxylic acids is 1. The van der Waals surface area contributed by atoms with E-state index in [4.69, 9.17) is 15.3 Å². The van der Waals surface area contributed by atoms with Crippen molar-refractivity contribution in [2.45, 2.75) is 25.7 Å². The smallest absolute Gasteiger partial charge is 0.337 e. The molecule has 1 rings (SSSR count). The normalized spacial score (nSPS) is 10.2. The lowest BCUT2D eigenvalue weighted by atomic mass is 10.1. The average molecular weight is 310 g/mol. The molecule has 0 spiro atoms. The van der Waals surface area contributed by atoms with E-state index in [0.717, 1.165) is 18.9 Å². The highest BCUT2D eigenvalue weighted by Gasteiger charge is 2.13. The van der Waals surface area contributed by atoms with Crippen LogP contribution >= 0.6 is 0 Å². The molecule has 8 heteroatoms.